The number of anilines is 1. The zero-order valence-electron chi connectivity index (χ0n) is 9.73. The molecule has 0 amide bonds. The Kier molecular flexibility index (Phi) is 3.72. The van der Waals surface area contributed by atoms with Crippen LogP contribution in [0.3, 0.4) is 0 Å². The molecule has 2 aromatic heterocycles. The minimum atomic E-state index is 0.772. The van der Waals surface area contributed by atoms with Crippen molar-refractivity contribution in [3.63, 3.8) is 0 Å². The summed E-state index contributed by atoms with van der Waals surface area (Å²) in [7, 11) is 0. The summed E-state index contributed by atoms with van der Waals surface area (Å²) in [4.78, 5) is 9.56. The van der Waals surface area contributed by atoms with Crippen LogP contribution in [0.25, 0.3) is 10.2 Å². The van der Waals surface area contributed by atoms with E-state index in [4.69, 9.17) is 0 Å². The number of hydrogen-bond donors (Lipinski definition) is 1. The molecule has 16 heavy (non-hydrogen) atoms. The number of hydrogen-bond acceptors (Lipinski definition) is 4. The van der Waals surface area contributed by atoms with E-state index >= 15 is 0 Å². The van der Waals surface area contributed by atoms with Crippen molar-refractivity contribution >= 4 is 27.4 Å². The lowest BCUT2D eigenvalue weighted by Crippen LogP contribution is -2.04. The van der Waals surface area contributed by atoms with Crippen molar-refractivity contribution in [3.8, 4) is 0 Å². The van der Waals surface area contributed by atoms with Gasteiger partial charge in [0.1, 0.15) is 17.0 Å². The van der Waals surface area contributed by atoms with E-state index in [-0.39, 0.29) is 0 Å². The number of thiophene rings is 1. The molecule has 0 bridgehead atoms. The van der Waals surface area contributed by atoms with Crippen LogP contribution in [0.15, 0.2) is 17.8 Å². The average Bonchev–Trinajstić information content (AvgIpc) is 2.72. The first-order chi connectivity index (χ1) is 7.77. The van der Waals surface area contributed by atoms with Gasteiger partial charge in [-0.1, -0.05) is 13.8 Å². The second-order valence-corrected chi connectivity index (χ2v) is 5.22. The molecule has 0 aliphatic rings. The van der Waals surface area contributed by atoms with Gasteiger partial charge < -0.3 is 5.32 Å². The quantitative estimate of drug-likeness (QED) is 0.805. The van der Waals surface area contributed by atoms with Gasteiger partial charge in [-0.05, 0) is 30.2 Å². The van der Waals surface area contributed by atoms with Crippen molar-refractivity contribution in [2.75, 3.05) is 11.9 Å². The zero-order valence-corrected chi connectivity index (χ0v) is 10.5. The molecule has 0 radical (unpaired) electrons. The second kappa shape index (κ2) is 5.25. The highest BCUT2D eigenvalue weighted by Crippen LogP contribution is 2.23. The Bertz CT molecular complexity index is 450. The van der Waals surface area contributed by atoms with Gasteiger partial charge in [0.25, 0.3) is 0 Å². The molecule has 0 atom stereocenters. The highest BCUT2D eigenvalue weighted by atomic mass is 32.1. The summed E-state index contributed by atoms with van der Waals surface area (Å²) in [5, 5.41) is 6.58. The molecule has 1 N–H and O–H groups in total. The third kappa shape index (κ3) is 2.70. The van der Waals surface area contributed by atoms with E-state index < -0.39 is 0 Å². The maximum atomic E-state index is 4.28. The van der Waals surface area contributed by atoms with Gasteiger partial charge in [-0.2, -0.15) is 0 Å². The lowest BCUT2D eigenvalue weighted by molar-refractivity contribution is 0.567. The van der Waals surface area contributed by atoms with Crippen molar-refractivity contribution < 1.29 is 0 Å². The molecule has 0 aliphatic carbocycles. The molecule has 0 saturated heterocycles. The van der Waals surface area contributed by atoms with Crippen molar-refractivity contribution in [2.45, 2.75) is 26.7 Å². The van der Waals surface area contributed by atoms with Crippen molar-refractivity contribution in [1.29, 1.82) is 0 Å². The molecule has 0 saturated carbocycles. The normalized spacial score (nSPS) is 11.2. The van der Waals surface area contributed by atoms with E-state index in [2.05, 4.69) is 40.6 Å². The SMILES string of the molecule is CC(C)CCCNc1ncnc2sccc12. The summed E-state index contributed by atoms with van der Waals surface area (Å²) in [6, 6.07) is 2.07. The average molecular weight is 235 g/mol. The fourth-order valence-corrected chi connectivity index (χ4v) is 2.38. The molecule has 0 spiro atoms. The first kappa shape index (κ1) is 11.3. The van der Waals surface area contributed by atoms with Gasteiger partial charge in [-0.25, -0.2) is 9.97 Å². The number of nitrogens with one attached hydrogen (secondary N) is 1. The highest BCUT2D eigenvalue weighted by molar-refractivity contribution is 7.16. The van der Waals surface area contributed by atoms with Gasteiger partial charge >= 0.3 is 0 Å². The Labute approximate surface area is 99.9 Å². The minimum absolute atomic E-state index is 0.772. The Morgan fingerprint density at radius 1 is 1.38 bits per heavy atom. The summed E-state index contributed by atoms with van der Waals surface area (Å²) in [5.74, 6) is 1.74. The number of rotatable bonds is 5. The second-order valence-electron chi connectivity index (χ2n) is 4.32. The van der Waals surface area contributed by atoms with Crippen molar-refractivity contribution in [3.05, 3.63) is 17.8 Å². The molecule has 2 rings (SSSR count). The standard InChI is InChI=1S/C12H17N3S/c1-9(2)4-3-6-13-11-10-5-7-16-12(10)15-8-14-11/h5,7-9H,3-4,6H2,1-2H3,(H,13,14,15). The van der Waals surface area contributed by atoms with E-state index in [1.807, 2.05) is 0 Å². The smallest absolute Gasteiger partial charge is 0.138 e. The molecule has 0 unspecified atom stereocenters. The molecular formula is C12H17N3S. The molecule has 3 nitrogen and oxygen atoms in total. The largest absolute Gasteiger partial charge is 0.369 e. The Balaban J connectivity index is 1.96. The van der Waals surface area contributed by atoms with Crippen LogP contribution in [-0.4, -0.2) is 16.5 Å². The van der Waals surface area contributed by atoms with Crippen LogP contribution in [0, 0.1) is 5.92 Å². The van der Waals surface area contributed by atoms with Gasteiger partial charge in [0.2, 0.25) is 0 Å². The predicted octanol–water partition coefficient (Wildman–Crippen LogP) is 3.54. The van der Waals surface area contributed by atoms with Crippen LogP contribution >= 0.6 is 11.3 Å². The van der Waals surface area contributed by atoms with Gasteiger partial charge in [-0.15, -0.1) is 11.3 Å². The number of aromatic nitrogens is 2. The Morgan fingerprint density at radius 3 is 3.06 bits per heavy atom. The lowest BCUT2D eigenvalue weighted by Gasteiger charge is -2.07. The van der Waals surface area contributed by atoms with Crippen LogP contribution < -0.4 is 5.32 Å². The summed E-state index contributed by atoms with van der Waals surface area (Å²) in [6.07, 6.45) is 4.07. The highest BCUT2D eigenvalue weighted by Gasteiger charge is 2.03. The van der Waals surface area contributed by atoms with E-state index in [1.165, 1.54) is 12.8 Å². The first-order valence-electron chi connectivity index (χ1n) is 5.69. The van der Waals surface area contributed by atoms with Crippen LogP contribution in [0.4, 0.5) is 5.82 Å². The minimum Gasteiger partial charge on any atom is -0.369 e. The van der Waals surface area contributed by atoms with Gasteiger partial charge in [0, 0.05) is 6.54 Å². The van der Waals surface area contributed by atoms with E-state index in [9.17, 15) is 0 Å². The van der Waals surface area contributed by atoms with Crippen molar-refractivity contribution in [2.24, 2.45) is 5.92 Å². The van der Waals surface area contributed by atoms with Crippen molar-refractivity contribution in [1.82, 2.24) is 9.97 Å². The molecule has 4 heteroatoms. The van der Waals surface area contributed by atoms with E-state index in [1.54, 1.807) is 17.7 Å². The molecule has 2 heterocycles. The van der Waals surface area contributed by atoms with Crippen LogP contribution in [0.2, 0.25) is 0 Å². The molecular weight excluding hydrogens is 218 g/mol. The molecule has 0 fully saturated rings. The lowest BCUT2D eigenvalue weighted by atomic mass is 10.1. The fraction of sp³-hybridized carbons (Fsp3) is 0.500. The van der Waals surface area contributed by atoms with Crippen LogP contribution in [-0.2, 0) is 0 Å². The number of fused-ring (bicyclic) bond motifs is 1. The van der Waals surface area contributed by atoms with Gasteiger partial charge in [0.05, 0.1) is 5.39 Å². The maximum absolute atomic E-state index is 4.28. The molecule has 0 aliphatic heterocycles. The third-order valence-corrected chi connectivity index (χ3v) is 3.33. The topological polar surface area (TPSA) is 37.8 Å². The zero-order chi connectivity index (χ0) is 11.4. The molecule has 2 aromatic rings. The molecule has 86 valence electrons. The third-order valence-electron chi connectivity index (χ3n) is 2.51. The van der Waals surface area contributed by atoms with Gasteiger partial charge in [0.15, 0.2) is 0 Å². The number of nitrogens with zero attached hydrogens (tertiary/aromatic N) is 2. The Hall–Kier alpha value is -1.16. The van der Waals surface area contributed by atoms with Gasteiger partial charge in [-0.3, -0.25) is 0 Å². The summed E-state index contributed by atoms with van der Waals surface area (Å²) in [5.41, 5.74) is 0. The monoisotopic (exact) mass is 235 g/mol. The maximum Gasteiger partial charge on any atom is 0.138 e. The first-order valence-corrected chi connectivity index (χ1v) is 6.57. The van der Waals surface area contributed by atoms with E-state index in [0.29, 0.717) is 0 Å². The Morgan fingerprint density at radius 2 is 2.25 bits per heavy atom. The summed E-state index contributed by atoms with van der Waals surface area (Å²) < 4.78 is 0. The predicted molar refractivity (Wildman–Crippen MR) is 70.0 cm³/mol. The fourth-order valence-electron chi connectivity index (χ4n) is 1.65. The van der Waals surface area contributed by atoms with Crippen LogP contribution in [0.5, 0.6) is 0 Å². The van der Waals surface area contributed by atoms with Crippen LogP contribution in [0.1, 0.15) is 26.7 Å². The molecule has 0 aromatic carbocycles. The summed E-state index contributed by atoms with van der Waals surface area (Å²) in [6.45, 7) is 5.49. The summed E-state index contributed by atoms with van der Waals surface area (Å²) >= 11 is 1.65. The van der Waals surface area contributed by atoms with E-state index in [0.717, 1.165) is 28.5 Å².